The van der Waals surface area contributed by atoms with Crippen molar-refractivity contribution >= 4 is 29.9 Å². The van der Waals surface area contributed by atoms with Gasteiger partial charge >= 0.3 is 0 Å². The van der Waals surface area contributed by atoms with Gasteiger partial charge in [0.2, 0.25) is 5.91 Å². The Kier molecular flexibility index (Phi) is 6.86. The van der Waals surface area contributed by atoms with Crippen molar-refractivity contribution in [2.45, 2.75) is 38.3 Å². The van der Waals surface area contributed by atoms with E-state index in [1.807, 2.05) is 0 Å². The summed E-state index contributed by atoms with van der Waals surface area (Å²) in [5.41, 5.74) is 5.28. The summed E-state index contributed by atoms with van der Waals surface area (Å²) in [6, 6.07) is 5.23. The third-order valence-corrected chi connectivity index (χ3v) is 3.31. The highest BCUT2D eigenvalue weighted by molar-refractivity contribution is 5.97. The van der Waals surface area contributed by atoms with E-state index in [0.717, 1.165) is 12.8 Å². The molecule has 8 heteroatoms. The van der Waals surface area contributed by atoms with Gasteiger partial charge < -0.3 is 25.8 Å². The molecule has 1 aliphatic carbocycles. The maximum Gasteiger partial charge on any atom is 0.258 e. The van der Waals surface area contributed by atoms with Crippen LogP contribution in [-0.4, -0.2) is 37.1 Å². The molecule has 2 rings (SSSR count). The molecule has 0 saturated heterocycles. The number of halogens is 1. The molecule has 0 atom stereocenters. The van der Waals surface area contributed by atoms with Gasteiger partial charge in [-0.3, -0.25) is 9.59 Å². The minimum absolute atomic E-state index is 0. The Morgan fingerprint density at radius 2 is 1.96 bits per heavy atom. The lowest BCUT2D eigenvalue weighted by Crippen LogP contribution is -2.45. The fourth-order valence-corrected chi connectivity index (χ4v) is 1.80. The van der Waals surface area contributed by atoms with Crippen molar-refractivity contribution in [2.24, 2.45) is 5.73 Å². The van der Waals surface area contributed by atoms with Crippen LogP contribution in [0, 0.1) is 0 Å². The van der Waals surface area contributed by atoms with Gasteiger partial charge in [0.05, 0.1) is 12.6 Å². The molecule has 0 spiro atoms. The lowest BCUT2D eigenvalue weighted by molar-refractivity contribution is -0.123. The maximum absolute atomic E-state index is 11.9. The highest BCUT2D eigenvalue weighted by atomic mass is 35.5. The molecule has 7 nitrogen and oxygen atoms in total. The van der Waals surface area contributed by atoms with E-state index < -0.39 is 5.54 Å². The van der Waals surface area contributed by atoms with Crippen molar-refractivity contribution in [3.05, 3.63) is 18.2 Å². The van der Waals surface area contributed by atoms with Crippen molar-refractivity contribution in [2.75, 3.05) is 19.0 Å². The Hall–Kier alpha value is -1.99. The zero-order valence-electron chi connectivity index (χ0n) is 14.0. The minimum atomic E-state index is -0.995. The van der Waals surface area contributed by atoms with Gasteiger partial charge in [0, 0.05) is 17.8 Å². The highest BCUT2D eigenvalue weighted by Gasteiger charge is 2.24. The molecule has 1 aromatic carbocycles. The van der Waals surface area contributed by atoms with E-state index in [1.165, 1.54) is 7.11 Å². The molecule has 1 aromatic rings. The largest absolute Gasteiger partial charge is 0.493 e. The number of anilines is 1. The highest BCUT2D eigenvalue weighted by Crippen LogP contribution is 2.30. The second kappa shape index (κ2) is 8.21. The number of nitrogens with two attached hydrogens (primary N) is 1. The molecule has 0 aliphatic heterocycles. The van der Waals surface area contributed by atoms with Gasteiger partial charge in [-0.05, 0) is 38.8 Å². The first-order chi connectivity index (χ1) is 10.8. The summed E-state index contributed by atoms with van der Waals surface area (Å²) in [7, 11) is 1.51. The van der Waals surface area contributed by atoms with Crippen LogP contribution in [0.1, 0.15) is 26.7 Å². The fourth-order valence-electron chi connectivity index (χ4n) is 1.80. The first-order valence-corrected chi connectivity index (χ1v) is 7.50. The summed E-state index contributed by atoms with van der Waals surface area (Å²) in [6.45, 7) is 3.13. The van der Waals surface area contributed by atoms with Crippen molar-refractivity contribution in [1.29, 1.82) is 0 Å². The number of hydrogen-bond donors (Lipinski definition) is 3. The number of carbonyl (C=O) groups excluding carboxylic acids is 2. The predicted octanol–water partition coefficient (Wildman–Crippen LogP) is 1.45. The Morgan fingerprint density at radius 3 is 2.50 bits per heavy atom. The lowest BCUT2D eigenvalue weighted by atomic mass is 10.1. The van der Waals surface area contributed by atoms with Crippen LogP contribution < -0.4 is 25.8 Å². The molecule has 4 N–H and O–H groups in total. The number of carbonyl (C=O) groups is 2. The molecule has 0 heterocycles. The molecule has 1 saturated carbocycles. The summed E-state index contributed by atoms with van der Waals surface area (Å²) >= 11 is 0. The first-order valence-electron chi connectivity index (χ1n) is 7.50. The summed E-state index contributed by atoms with van der Waals surface area (Å²) in [6.07, 6.45) is 2.04. The van der Waals surface area contributed by atoms with E-state index in [1.54, 1.807) is 32.0 Å². The quantitative estimate of drug-likeness (QED) is 0.685. The predicted molar refractivity (Wildman–Crippen MR) is 93.8 cm³/mol. The Balaban J connectivity index is 0.00000288. The van der Waals surface area contributed by atoms with Gasteiger partial charge in [-0.25, -0.2) is 0 Å². The van der Waals surface area contributed by atoms with Crippen molar-refractivity contribution in [3.8, 4) is 11.5 Å². The number of rotatable bonds is 7. The molecule has 1 aliphatic rings. The zero-order valence-corrected chi connectivity index (χ0v) is 14.9. The Bertz CT molecular complexity index is 597. The number of benzene rings is 1. The number of methoxy groups -OCH3 is 1. The van der Waals surface area contributed by atoms with E-state index in [-0.39, 0.29) is 36.9 Å². The van der Waals surface area contributed by atoms with Crippen molar-refractivity contribution in [3.63, 3.8) is 0 Å². The van der Waals surface area contributed by atoms with Crippen molar-refractivity contribution in [1.82, 2.24) is 5.32 Å². The van der Waals surface area contributed by atoms with Crippen LogP contribution in [-0.2, 0) is 9.59 Å². The standard InChI is InChI=1S/C16H23N3O4.ClH/c1-16(2,17)15(21)19-11-6-7-12(22-3)13(8-11)23-9-14(20)18-10-4-5-10;/h6-8,10H,4-5,9,17H2,1-3H3,(H,18,20)(H,19,21);1H. The molecule has 0 radical (unpaired) electrons. The molecule has 0 aromatic heterocycles. The summed E-state index contributed by atoms with van der Waals surface area (Å²) in [5.74, 6) is 0.368. The van der Waals surface area contributed by atoms with Gasteiger partial charge in [0.15, 0.2) is 18.1 Å². The SMILES string of the molecule is COc1ccc(NC(=O)C(C)(C)N)cc1OCC(=O)NC1CC1.Cl. The molecule has 0 unspecified atom stereocenters. The number of amides is 2. The van der Waals surface area contributed by atoms with Crippen LogP contribution in [0.2, 0.25) is 0 Å². The van der Waals surface area contributed by atoms with Crippen LogP contribution in [0.5, 0.6) is 11.5 Å². The van der Waals surface area contributed by atoms with E-state index in [4.69, 9.17) is 15.2 Å². The van der Waals surface area contributed by atoms with Crippen LogP contribution in [0.3, 0.4) is 0 Å². The average Bonchev–Trinajstić information content (AvgIpc) is 3.28. The van der Waals surface area contributed by atoms with Crippen LogP contribution in [0.25, 0.3) is 0 Å². The van der Waals surface area contributed by atoms with Crippen LogP contribution >= 0.6 is 12.4 Å². The fraction of sp³-hybridized carbons (Fsp3) is 0.500. The number of hydrogen-bond acceptors (Lipinski definition) is 5. The van der Waals surface area contributed by atoms with Crippen LogP contribution in [0.15, 0.2) is 18.2 Å². The third kappa shape index (κ3) is 5.90. The van der Waals surface area contributed by atoms with E-state index in [9.17, 15) is 9.59 Å². The molecule has 1 fully saturated rings. The van der Waals surface area contributed by atoms with Gasteiger partial charge in [0.1, 0.15) is 0 Å². The summed E-state index contributed by atoms with van der Waals surface area (Å²) in [5, 5.41) is 5.54. The normalized spacial score (nSPS) is 13.5. The number of nitrogens with one attached hydrogen (secondary N) is 2. The van der Waals surface area contributed by atoms with Gasteiger partial charge in [-0.15, -0.1) is 12.4 Å². The molecular weight excluding hydrogens is 334 g/mol. The first kappa shape index (κ1) is 20.1. The monoisotopic (exact) mass is 357 g/mol. The number of ether oxygens (including phenoxy) is 2. The van der Waals surface area contributed by atoms with E-state index in [2.05, 4.69) is 10.6 Å². The maximum atomic E-state index is 11.9. The van der Waals surface area contributed by atoms with Crippen molar-refractivity contribution < 1.29 is 19.1 Å². The summed E-state index contributed by atoms with van der Waals surface area (Å²) < 4.78 is 10.7. The van der Waals surface area contributed by atoms with Crippen LogP contribution in [0.4, 0.5) is 5.69 Å². The zero-order chi connectivity index (χ0) is 17.0. The average molecular weight is 358 g/mol. The smallest absolute Gasteiger partial charge is 0.258 e. The molecule has 24 heavy (non-hydrogen) atoms. The molecule has 2 amide bonds. The Labute approximate surface area is 147 Å². The lowest BCUT2D eigenvalue weighted by Gasteiger charge is -2.18. The summed E-state index contributed by atoms with van der Waals surface area (Å²) in [4.78, 5) is 23.6. The van der Waals surface area contributed by atoms with Gasteiger partial charge in [-0.2, -0.15) is 0 Å². The topological polar surface area (TPSA) is 103 Å². The Morgan fingerprint density at radius 1 is 1.29 bits per heavy atom. The second-order valence-corrected chi connectivity index (χ2v) is 6.17. The van der Waals surface area contributed by atoms with Gasteiger partial charge in [-0.1, -0.05) is 0 Å². The van der Waals surface area contributed by atoms with Gasteiger partial charge in [0.25, 0.3) is 5.91 Å². The van der Waals surface area contributed by atoms with E-state index >= 15 is 0 Å². The minimum Gasteiger partial charge on any atom is -0.493 e. The van der Waals surface area contributed by atoms with E-state index in [0.29, 0.717) is 17.2 Å². The second-order valence-electron chi connectivity index (χ2n) is 6.17. The third-order valence-electron chi connectivity index (χ3n) is 3.31. The molecule has 134 valence electrons. The molecular formula is C16H24ClN3O4. The molecule has 0 bridgehead atoms.